The number of nitrogens with zero attached hydrogens (tertiary/aromatic N) is 2. The van der Waals surface area contributed by atoms with Crippen molar-refractivity contribution in [3.63, 3.8) is 0 Å². The summed E-state index contributed by atoms with van der Waals surface area (Å²) in [5, 5.41) is 8.80. The summed E-state index contributed by atoms with van der Waals surface area (Å²) in [6, 6.07) is 17.8. The van der Waals surface area contributed by atoms with E-state index in [0.29, 0.717) is 32.8 Å². The molecule has 0 fully saturated rings. The van der Waals surface area contributed by atoms with Crippen LogP contribution in [0.4, 0.5) is 21.2 Å². The van der Waals surface area contributed by atoms with Crippen molar-refractivity contribution in [2.75, 3.05) is 43.2 Å². The molecule has 2 aromatic carbocycles. The van der Waals surface area contributed by atoms with E-state index in [-0.39, 0.29) is 5.91 Å². The van der Waals surface area contributed by atoms with Crippen LogP contribution in [0.3, 0.4) is 0 Å². The third-order valence-corrected chi connectivity index (χ3v) is 5.97. The lowest BCUT2D eigenvalue weighted by atomic mass is 10.1. The molecule has 0 aliphatic rings. The molecule has 1 aromatic heterocycles. The highest BCUT2D eigenvalue weighted by molar-refractivity contribution is 7.20. The highest BCUT2D eigenvalue weighted by Crippen LogP contribution is 2.26. The Morgan fingerprint density at radius 3 is 2.18 bits per heavy atom. The Bertz CT molecular complexity index is 1140. The number of hydrogen-bond acceptors (Lipinski definition) is 5. The molecule has 10 heteroatoms. The van der Waals surface area contributed by atoms with Crippen LogP contribution in [0.2, 0.25) is 4.34 Å². The van der Waals surface area contributed by atoms with E-state index < -0.39 is 18.0 Å². The van der Waals surface area contributed by atoms with Gasteiger partial charge in [-0.2, -0.15) is 0 Å². The van der Waals surface area contributed by atoms with E-state index in [1.165, 1.54) is 11.3 Å². The van der Waals surface area contributed by atoms with Crippen molar-refractivity contribution >= 4 is 57.2 Å². The average molecular weight is 500 g/mol. The largest absolute Gasteiger partial charge is 0.324 e. The van der Waals surface area contributed by atoms with Gasteiger partial charge in [0.25, 0.3) is 5.91 Å². The maximum absolute atomic E-state index is 13.1. The molecular formula is C24H26ClN5O3S. The number of likely N-dealkylation sites (N-methyl/N-ethyl adjacent to an activating group) is 2. The lowest BCUT2D eigenvalue weighted by Gasteiger charge is -2.21. The summed E-state index contributed by atoms with van der Waals surface area (Å²) in [5.41, 5.74) is 1.87. The molecule has 34 heavy (non-hydrogen) atoms. The van der Waals surface area contributed by atoms with Gasteiger partial charge in [-0.3, -0.25) is 14.9 Å². The molecular weight excluding hydrogens is 474 g/mol. The van der Waals surface area contributed by atoms with Crippen LogP contribution in [0.1, 0.15) is 11.6 Å². The molecule has 3 N–H and O–H groups in total. The van der Waals surface area contributed by atoms with Gasteiger partial charge in [-0.05, 0) is 56.1 Å². The predicted molar refractivity (Wildman–Crippen MR) is 138 cm³/mol. The summed E-state index contributed by atoms with van der Waals surface area (Å²) < 4.78 is 0.546. The molecule has 0 aliphatic carbocycles. The second kappa shape index (κ2) is 11.6. The van der Waals surface area contributed by atoms with Gasteiger partial charge in [-0.25, -0.2) is 4.79 Å². The van der Waals surface area contributed by atoms with E-state index in [1.807, 2.05) is 20.2 Å². The van der Waals surface area contributed by atoms with Crippen molar-refractivity contribution < 1.29 is 14.4 Å². The highest BCUT2D eigenvalue weighted by atomic mass is 35.5. The number of carbonyl (C=O) groups is 3. The molecule has 0 bridgehead atoms. The zero-order valence-corrected chi connectivity index (χ0v) is 20.6. The number of anilines is 3. The summed E-state index contributed by atoms with van der Waals surface area (Å²) in [6.07, 6.45) is 0. The topological polar surface area (TPSA) is 93.8 Å². The van der Waals surface area contributed by atoms with Gasteiger partial charge >= 0.3 is 6.03 Å². The first-order chi connectivity index (χ1) is 16.2. The van der Waals surface area contributed by atoms with Gasteiger partial charge in [-0.1, -0.05) is 41.9 Å². The van der Waals surface area contributed by atoms with Crippen molar-refractivity contribution in [3.8, 4) is 0 Å². The summed E-state index contributed by atoms with van der Waals surface area (Å²) in [7, 11) is 5.36. The minimum Gasteiger partial charge on any atom is -0.324 e. The molecule has 1 heterocycles. The molecule has 0 saturated carbocycles. The van der Waals surface area contributed by atoms with Gasteiger partial charge in [0.2, 0.25) is 5.91 Å². The first-order valence-electron chi connectivity index (χ1n) is 10.4. The van der Waals surface area contributed by atoms with Crippen LogP contribution in [0, 0.1) is 0 Å². The van der Waals surface area contributed by atoms with Crippen LogP contribution in [-0.2, 0) is 9.59 Å². The molecule has 1 atom stereocenters. The van der Waals surface area contributed by atoms with Crippen LogP contribution in [0.25, 0.3) is 0 Å². The number of amides is 4. The van der Waals surface area contributed by atoms with Crippen LogP contribution in [0.5, 0.6) is 0 Å². The Morgan fingerprint density at radius 1 is 0.912 bits per heavy atom. The molecule has 3 aromatic rings. The van der Waals surface area contributed by atoms with Crippen LogP contribution in [0.15, 0.2) is 66.7 Å². The molecule has 4 amide bonds. The molecule has 0 saturated heterocycles. The lowest BCUT2D eigenvalue weighted by Crippen LogP contribution is -2.39. The first-order valence-corrected chi connectivity index (χ1v) is 11.6. The van der Waals surface area contributed by atoms with Crippen molar-refractivity contribution in [2.45, 2.75) is 6.04 Å². The lowest BCUT2D eigenvalue weighted by molar-refractivity contribution is -0.119. The maximum Gasteiger partial charge on any atom is 0.320 e. The van der Waals surface area contributed by atoms with Gasteiger partial charge in [0, 0.05) is 18.4 Å². The summed E-state index contributed by atoms with van der Waals surface area (Å²) in [4.78, 5) is 41.3. The van der Waals surface area contributed by atoms with Crippen molar-refractivity contribution in [1.29, 1.82) is 0 Å². The monoisotopic (exact) mass is 499 g/mol. The molecule has 0 spiro atoms. The van der Waals surface area contributed by atoms with E-state index >= 15 is 0 Å². The quantitative estimate of drug-likeness (QED) is 0.427. The number of thiophene rings is 1. The van der Waals surface area contributed by atoms with Crippen molar-refractivity contribution in [2.24, 2.45) is 0 Å². The Balaban J connectivity index is 1.70. The Hall–Kier alpha value is -3.40. The van der Waals surface area contributed by atoms with Gasteiger partial charge in [0.05, 0.1) is 15.9 Å². The number of benzene rings is 2. The zero-order chi connectivity index (χ0) is 24.7. The highest BCUT2D eigenvalue weighted by Gasteiger charge is 2.23. The SMILES string of the molecule is CN(C)CC(=O)N(C)c1ccc(NC(=O)C(NC(=O)Nc2ccc(Cl)s2)c2ccccc2)cc1. The van der Waals surface area contributed by atoms with Gasteiger partial charge in [0.15, 0.2) is 0 Å². The Labute approximate surface area is 207 Å². The van der Waals surface area contributed by atoms with Crippen LogP contribution in [-0.4, -0.2) is 50.4 Å². The van der Waals surface area contributed by atoms with E-state index in [9.17, 15) is 14.4 Å². The molecule has 0 radical (unpaired) electrons. The number of rotatable bonds is 8. The summed E-state index contributed by atoms with van der Waals surface area (Å²) in [5.74, 6) is -0.455. The fraction of sp³-hybridized carbons (Fsp3) is 0.208. The predicted octanol–water partition coefficient (Wildman–Crippen LogP) is 4.43. The van der Waals surface area contributed by atoms with Gasteiger partial charge in [-0.15, -0.1) is 11.3 Å². The summed E-state index contributed by atoms with van der Waals surface area (Å²) in [6.45, 7) is 0.291. The fourth-order valence-electron chi connectivity index (χ4n) is 3.11. The number of nitrogens with one attached hydrogen (secondary N) is 3. The smallest absolute Gasteiger partial charge is 0.320 e. The van der Waals surface area contributed by atoms with Gasteiger partial charge < -0.3 is 20.4 Å². The van der Waals surface area contributed by atoms with Gasteiger partial charge in [0.1, 0.15) is 6.04 Å². The second-order valence-electron chi connectivity index (χ2n) is 7.77. The standard InChI is InChI=1S/C24H26ClN5O3S/c1-29(2)15-21(31)30(3)18-11-9-17(10-12-18)26-23(32)22(16-7-5-4-6-8-16)28-24(33)27-20-14-13-19(25)34-20/h4-14,22H,15H2,1-3H3,(H,26,32)(H2,27,28,33). The average Bonchev–Trinajstić information content (AvgIpc) is 3.21. The van der Waals surface area contributed by atoms with E-state index in [4.69, 9.17) is 11.6 Å². The number of urea groups is 1. The Morgan fingerprint density at radius 2 is 1.59 bits per heavy atom. The second-order valence-corrected chi connectivity index (χ2v) is 9.49. The molecule has 0 aliphatic heterocycles. The third-order valence-electron chi connectivity index (χ3n) is 4.83. The Kier molecular flexibility index (Phi) is 8.64. The third kappa shape index (κ3) is 7.05. The fourth-order valence-corrected chi connectivity index (χ4v) is 4.05. The van der Waals surface area contributed by atoms with Crippen LogP contribution >= 0.6 is 22.9 Å². The van der Waals surface area contributed by atoms with Crippen molar-refractivity contribution in [1.82, 2.24) is 10.2 Å². The van der Waals surface area contributed by atoms with E-state index in [0.717, 1.165) is 0 Å². The van der Waals surface area contributed by atoms with E-state index in [1.54, 1.807) is 77.5 Å². The van der Waals surface area contributed by atoms with Crippen LogP contribution < -0.4 is 20.9 Å². The number of carbonyl (C=O) groups excluding carboxylic acids is 3. The number of hydrogen-bond donors (Lipinski definition) is 3. The maximum atomic E-state index is 13.1. The molecule has 3 rings (SSSR count). The van der Waals surface area contributed by atoms with Crippen molar-refractivity contribution in [3.05, 3.63) is 76.6 Å². The minimum absolute atomic E-state index is 0.0480. The number of halogens is 1. The molecule has 1 unspecified atom stereocenters. The minimum atomic E-state index is -0.930. The molecule has 178 valence electrons. The summed E-state index contributed by atoms with van der Waals surface area (Å²) >= 11 is 7.14. The normalized spacial score (nSPS) is 11.6. The molecule has 8 nitrogen and oxygen atoms in total. The first kappa shape index (κ1) is 25.2. The van der Waals surface area contributed by atoms with E-state index in [2.05, 4.69) is 16.0 Å². The zero-order valence-electron chi connectivity index (χ0n) is 19.0.